The number of rotatable bonds is 6. The minimum Gasteiger partial charge on any atom is -0.507 e. The smallest absolute Gasteiger partial charge is 0.184 e. The van der Waals surface area contributed by atoms with Crippen molar-refractivity contribution in [3.63, 3.8) is 0 Å². The molecule has 0 aliphatic rings. The third-order valence-electron chi connectivity index (χ3n) is 5.43. The summed E-state index contributed by atoms with van der Waals surface area (Å²) in [5.74, 6) is 1.87. The lowest BCUT2D eigenvalue weighted by Crippen LogP contribution is -2.00. The number of hydrogen-bond acceptors (Lipinski definition) is 5. The molecule has 0 aliphatic carbocycles. The molecular formula is C27H25NO4. The molecular weight excluding hydrogens is 402 g/mol. The van der Waals surface area contributed by atoms with Crippen LogP contribution in [-0.2, 0) is 0 Å². The molecule has 3 N–H and O–H groups in total. The Kier molecular flexibility index (Phi) is 5.90. The first-order valence-corrected chi connectivity index (χ1v) is 10.1. The van der Waals surface area contributed by atoms with Gasteiger partial charge in [-0.15, -0.1) is 0 Å². The van der Waals surface area contributed by atoms with E-state index in [9.17, 15) is 5.11 Å². The van der Waals surface area contributed by atoms with Crippen molar-refractivity contribution in [2.24, 2.45) is 0 Å². The number of phenolic OH excluding ortho intramolecular Hbond substituents is 1. The maximum atomic E-state index is 10.9. The number of hydrogen-bond donors (Lipinski definition) is 2. The zero-order valence-electron chi connectivity index (χ0n) is 18.3. The maximum Gasteiger partial charge on any atom is 0.184 e. The van der Waals surface area contributed by atoms with Crippen molar-refractivity contribution in [3.8, 4) is 56.4 Å². The fraction of sp³-hybridized carbons (Fsp3) is 0.111. The normalized spacial score (nSPS) is 10.6. The predicted molar refractivity (Wildman–Crippen MR) is 128 cm³/mol. The second-order valence-electron chi connectivity index (χ2n) is 7.28. The average molecular weight is 428 g/mol. The van der Waals surface area contributed by atoms with E-state index in [1.165, 1.54) is 0 Å². The molecule has 0 radical (unpaired) electrons. The Balaban J connectivity index is 2.00. The van der Waals surface area contributed by atoms with Crippen LogP contribution in [0.5, 0.6) is 23.0 Å². The van der Waals surface area contributed by atoms with Gasteiger partial charge in [0.1, 0.15) is 11.5 Å². The molecule has 0 atom stereocenters. The summed E-state index contributed by atoms with van der Waals surface area (Å²) in [6.07, 6.45) is 0. The molecule has 0 fully saturated rings. The van der Waals surface area contributed by atoms with Crippen molar-refractivity contribution in [3.05, 3.63) is 78.9 Å². The molecule has 0 bridgehead atoms. The van der Waals surface area contributed by atoms with Gasteiger partial charge in [0.2, 0.25) is 0 Å². The topological polar surface area (TPSA) is 73.9 Å². The van der Waals surface area contributed by atoms with Crippen molar-refractivity contribution in [1.82, 2.24) is 0 Å². The monoisotopic (exact) mass is 427 g/mol. The number of nitrogen functional groups attached to an aromatic ring is 1. The van der Waals surface area contributed by atoms with Crippen LogP contribution < -0.4 is 19.9 Å². The van der Waals surface area contributed by atoms with E-state index in [0.29, 0.717) is 22.7 Å². The SMILES string of the molecule is COc1cccc(-c2ccc(O)c(-c3cc(N)c(OC)c(OC)c3-c3ccccc3)c2)c1. The van der Waals surface area contributed by atoms with Crippen LogP contribution in [0.4, 0.5) is 5.69 Å². The third-order valence-corrected chi connectivity index (χ3v) is 5.43. The first kappa shape index (κ1) is 21.1. The van der Waals surface area contributed by atoms with Gasteiger partial charge in [0.15, 0.2) is 11.5 Å². The van der Waals surface area contributed by atoms with Gasteiger partial charge in [0.25, 0.3) is 0 Å². The molecule has 0 saturated heterocycles. The van der Waals surface area contributed by atoms with Gasteiger partial charge in [-0.1, -0.05) is 48.5 Å². The molecule has 0 heterocycles. The fourth-order valence-corrected chi connectivity index (χ4v) is 3.90. The molecule has 162 valence electrons. The summed E-state index contributed by atoms with van der Waals surface area (Å²) in [5.41, 5.74) is 11.7. The molecule has 5 nitrogen and oxygen atoms in total. The molecule has 32 heavy (non-hydrogen) atoms. The van der Waals surface area contributed by atoms with E-state index in [-0.39, 0.29) is 5.75 Å². The molecule has 4 rings (SSSR count). The number of methoxy groups -OCH3 is 3. The van der Waals surface area contributed by atoms with Gasteiger partial charge in [0.05, 0.1) is 27.0 Å². The third kappa shape index (κ3) is 3.81. The van der Waals surface area contributed by atoms with Crippen LogP contribution in [0, 0.1) is 0 Å². The van der Waals surface area contributed by atoms with Crippen molar-refractivity contribution in [2.75, 3.05) is 27.1 Å². The lowest BCUT2D eigenvalue weighted by atomic mass is 9.90. The Morgan fingerprint density at radius 2 is 1.31 bits per heavy atom. The van der Waals surface area contributed by atoms with E-state index in [1.807, 2.05) is 72.8 Å². The van der Waals surface area contributed by atoms with E-state index in [0.717, 1.165) is 33.6 Å². The summed E-state index contributed by atoms with van der Waals surface area (Å²) in [5, 5.41) is 10.9. The van der Waals surface area contributed by atoms with Crippen LogP contribution in [-0.4, -0.2) is 26.4 Å². The number of benzene rings is 4. The van der Waals surface area contributed by atoms with Gasteiger partial charge < -0.3 is 25.1 Å². The van der Waals surface area contributed by atoms with Crippen LogP contribution in [0.25, 0.3) is 33.4 Å². The summed E-state index contributed by atoms with van der Waals surface area (Å²) in [4.78, 5) is 0. The van der Waals surface area contributed by atoms with E-state index < -0.39 is 0 Å². The summed E-state index contributed by atoms with van der Waals surface area (Å²) in [6.45, 7) is 0. The van der Waals surface area contributed by atoms with Crippen molar-refractivity contribution < 1.29 is 19.3 Å². The van der Waals surface area contributed by atoms with Crippen LogP contribution in [0.2, 0.25) is 0 Å². The average Bonchev–Trinajstić information content (AvgIpc) is 2.84. The van der Waals surface area contributed by atoms with Crippen molar-refractivity contribution in [1.29, 1.82) is 0 Å². The standard InChI is InChI=1S/C27H25NO4/c1-30-20-11-7-10-18(14-20)19-12-13-24(29)21(15-19)22-16-23(28)26(31-2)27(32-3)25(22)17-8-5-4-6-9-17/h4-16,29H,28H2,1-3H3. The van der Waals surface area contributed by atoms with E-state index in [4.69, 9.17) is 19.9 Å². The molecule has 0 spiro atoms. The molecule has 4 aromatic rings. The zero-order valence-corrected chi connectivity index (χ0v) is 18.3. The Labute approximate surface area is 187 Å². The largest absolute Gasteiger partial charge is 0.507 e. The number of aromatic hydroxyl groups is 1. The number of nitrogens with two attached hydrogens (primary N) is 1. The van der Waals surface area contributed by atoms with Crippen LogP contribution in [0.1, 0.15) is 0 Å². The fourth-order valence-electron chi connectivity index (χ4n) is 3.90. The van der Waals surface area contributed by atoms with Crippen LogP contribution in [0.3, 0.4) is 0 Å². The maximum absolute atomic E-state index is 10.9. The highest BCUT2D eigenvalue weighted by Crippen LogP contribution is 2.50. The van der Waals surface area contributed by atoms with Crippen LogP contribution >= 0.6 is 0 Å². The van der Waals surface area contributed by atoms with Crippen molar-refractivity contribution >= 4 is 5.69 Å². The van der Waals surface area contributed by atoms with Gasteiger partial charge in [-0.2, -0.15) is 0 Å². The quantitative estimate of drug-likeness (QED) is 0.369. The van der Waals surface area contributed by atoms with E-state index in [2.05, 4.69) is 0 Å². The Hall–Kier alpha value is -4.12. The molecule has 0 amide bonds. The molecule has 0 unspecified atom stereocenters. The Morgan fingerprint density at radius 3 is 2.00 bits per heavy atom. The second-order valence-corrected chi connectivity index (χ2v) is 7.28. The predicted octanol–water partition coefficient (Wildman–Crippen LogP) is 6.00. The molecule has 5 heteroatoms. The number of ether oxygens (including phenoxy) is 3. The summed E-state index contributed by atoms with van der Waals surface area (Å²) in [6, 6.07) is 24.9. The van der Waals surface area contributed by atoms with E-state index >= 15 is 0 Å². The van der Waals surface area contributed by atoms with Gasteiger partial charge in [-0.05, 0) is 52.6 Å². The minimum atomic E-state index is 0.139. The lowest BCUT2D eigenvalue weighted by molar-refractivity contribution is 0.358. The summed E-state index contributed by atoms with van der Waals surface area (Å²) >= 11 is 0. The van der Waals surface area contributed by atoms with Crippen LogP contribution in [0.15, 0.2) is 78.9 Å². The summed E-state index contributed by atoms with van der Waals surface area (Å²) < 4.78 is 16.7. The summed E-state index contributed by atoms with van der Waals surface area (Å²) in [7, 11) is 4.78. The molecule has 0 aromatic heterocycles. The second kappa shape index (κ2) is 8.94. The first-order chi connectivity index (χ1) is 15.6. The first-order valence-electron chi connectivity index (χ1n) is 10.1. The number of phenols is 1. The Morgan fingerprint density at radius 1 is 0.625 bits per heavy atom. The molecule has 0 saturated carbocycles. The molecule has 0 aliphatic heterocycles. The Bertz CT molecular complexity index is 1250. The zero-order chi connectivity index (χ0) is 22.7. The lowest BCUT2D eigenvalue weighted by Gasteiger charge is -2.20. The minimum absolute atomic E-state index is 0.139. The molecule has 4 aromatic carbocycles. The van der Waals surface area contributed by atoms with Gasteiger partial charge in [-0.25, -0.2) is 0 Å². The van der Waals surface area contributed by atoms with Gasteiger partial charge >= 0.3 is 0 Å². The number of anilines is 1. The van der Waals surface area contributed by atoms with Gasteiger partial charge in [-0.3, -0.25) is 0 Å². The van der Waals surface area contributed by atoms with Crippen molar-refractivity contribution in [2.45, 2.75) is 0 Å². The van der Waals surface area contributed by atoms with Gasteiger partial charge in [0, 0.05) is 11.1 Å². The highest BCUT2D eigenvalue weighted by Gasteiger charge is 2.22. The highest BCUT2D eigenvalue weighted by atomic mass is 16.5. The van der Waals surface area contributed by atoms with E-state index in [1.54, 1.807) is 27.4 Å². The highest BCUT2D eigenvalue weighted by molar-refractivity contribution is 5.95.